The summed E-state index contributed by atoms with van der Waals surface area (Å²) in [4.78, 5) is 23.1. The molecule has 1 heterocycles. The number of rotatable bonds is 14. The molecule has 0 bridgehead atoms. The minimum atomic E-state index is -0.997. The molecular formula is C25H33N5O6. The van der Waals surface area contributed by atoms with Crippen LogP contribution in [0.25, 0.3) is 0 Å². The molecule has 0 aliphatic carbocycles. The van der Waals surface area contributed by atoms with Crippen LogP contribution in [-0.2, 0) is 6.54 Å². The standard InChI is InChI=1S/C25H33N5O6/c31-24(21-8-10-22(11-9-21)30(34)35)17-27-25(19-29(32)33)26-12-5-15-36-23-7-4-6-20(16-23)18-28-13-2-1-3-14-28/h4,6-11,16,19,24,26-27,31H,1-3,5,12-15,17-18H2/b25-19+. The molecule has 11 nitrogen and oxygen atoms in total. The Morgan fingerprint density at radius 2 is 1.83 bits per heavy atom. The summed E-state index contributed by atoms with van der Waals surface area (Å²) in [6, 6.07) is 13.6. The Bertz CT molecular complexity index is 1020. The summed E-state index contributed by atoms with van der Waals surface area (Å²) in [5.41, 5.74) is 1.61. The SMILES string of the molecule is O=[N+]([O-])/C=C(\NCCCOc1cccc(CN2CCCCC2)c1)NCC(O)c1ccc([N+](=O)[O-])cc1. The van der Waals surface area contributed by atoms with Crippen LogP contribution >= 0.6 is 0 Å². The number of likely N-dealkylation sites (tertiary alicyclic amines) is 1. The van der Waals surface area contributed by atoms with Crippen molar-refractivity contribution in [2.75, 3.05) is 32.8 Å². The van der Waals surface area contributed by atoms with Crippen molar-refractivity contribution in [3.8, 4) is 5.75 Å². The maximum Gasteiger partial charge on any atom is 0.274 e. The van der Waals surface area contributed by atoms with Crippen molar-refractivity contribution in [1.29, 1.82) is 0 Å². The predicted molar refractivity (Wildman–Crippen MR) is 135 cm³/mol. The summed E-state index contributed by atoms with van der Waals surface area (Å²) in [5.74, 6) is 0.958. The fraction of sp³-hybridized carbons (Fsp3) is 0.440. The number of piperidine rings is 1. The van der Waals surface area contributed by atoms with Crippen molar-refractivity contribution in [2.24, 2.45) is 0 Å². The van der Waals surface area contributed by atoms with Gasteiger partial charge in [0, 0.05) is 31.8 Å². The molecule has 1 aliphatic rings. The average molecular weight is 500 g/mol. The number of aliphatic hydroxyl groups excluding tert-OH is 1. The van der Waals surface area contributed by atoms with Gasteiger partial charge in [0.25, 0.3) is 11.9 Å². The third-order valence-corrected chi connectivity index (χ3v) is 5.87. The number of benzene rings is 2. The quantitative estimate of drug-likeness (QED) is 0.203. The van der Waals surface area contributed by atoms with E-state index in [-0.39, 0.29) is 18.1 Å². The minimum Gasteiger partial charge on any atom is -0.494 e. The Kier molecular flexibility index (Phi) is 10.5. The molecule has 11 heteroatoms. The third-order valence-electron chi connectivity index (χ3n) is 5.87. The average Bonchev–Trinajstić information content (AvgIpc) is 2.87. The Morgan fingerprint density at radius 3 is 2.53 bits per heavy atom. The van der Waals surface area contributed by atoms with Crippen LogP contribution in [0.5, 0.6) is 5.75 Å². The smallest absolute Gasteiger partial charge is 0.274 e. The molecule has 2 aromatic carbocycles. The Hall–Kier alpha value is -3.70. The molecule has 1 fully saturated rings. The third kappa shape index (κ3) is 9.16. The van der Waals surface area contributed by atoms with Crippen molar-refractivity contribution in [2.45, 2.75) is 38.3 Å². The van der Waals surface area contributed by atoms with E-state index in [0.717, 1.165) is 31.6 Å². The summed E-state index contributed by atoms with van der Waals surface area (Å²) in [6.45, 7) is 4.05. The van der Waals surface area contributed by atoms with E-state index in [1.165, 1.54) is 49.1 Å². The Balaban J connectivity index is 1.40. The van der Waals surface area contributed by atoms with Crippen LogP contribution in [0.4, 0.5) is 5.69 Å². The van der Waals surface area contributed by atoms with Gasteiger partial charge in [-0.2, -0.15) is 0 Å². The van der Waals surface area contributed by atoms with Gasteiger partial charge in [-0.1, -0.05) is 18.6 Å². The van der Waals surface area contributed by atoms with Crippen molar-refractivity contribution in [3.05, 3.63) is 91.9 Å². The van der Waals surface area contributed by atoms with Crippen LogP contribution in [0.3, 0.4) is 0 Å². The lowest BCUT2D eigenvalue weighted by Crippen LogP contribution is -2.31. The van der Waals surface area contributed by atoms with Crippen molar-refractivity contribution >= 4 is 5.69 Å². The molecule has 3 N–H and O–H groups in total. The second-order valence-electron chi connectivity index (χ2n) is 8.69. The first kappa shape index (κ1) is 26.9. The van der Waals surface area contributed by atoms with E-state index < -0.39 is 16.0 Å². The largest absolute Gasteiger partial charge is 0.494 e. The number of hydrogen-bond donors (Lipinski definition) is 3. The molecule has 0 amide bonds. The highest BCUT2D eigenvalue weighted by atomic mass is 16.6. The van der Waals surface area contributed by atoms with E-state index in [0.29, 0.717) is 25.1 Å². The van der Waals surface area contributed by atoms with Gasteiger partial charge in [-0.3, -0.25) is 25.1 Å². The van der Waals surface area contributed by atoms with Gasteiger partial charge < -0.3 is 20.5 Å². The van der Waals surface area contributed by atoms with Gasteiger partial charge in [-0.05, 0) is 67.7 Å². The van der Waals surface area contributed by atoms with Crippen molar-refractivity contribution < 1.29 is 19.7 Å². The number of nitro benzene ring substituents is 1. The van der Waals surface area contributed by atoms with Gasteiger partial charge in [0.2, 0.25) is 0 Å². The number of nitro groups is 2. The molecular weight excluding hydrogens is 466 g/mol. The van der Waals surface area contributed by atoms with Gasteiger partial charge in [-0.25, -0.2) is 0 Å². The number of hydrogen-bond acceptors (Lipinski definition) is 9. The minimum absolute atomic E-state index is 0.00913. The number of non-ortho nitro benzene ring substituents is 1. The van der Waals surface area contributed by atoms with Crippen LogP contribution in [0.15, 0.2) is 60.6 Å². The highest BCUT2D eigenvalue weighted by molar-refractivity contribution is 5.34. The van der Waals surface area contributed by atoms with Gasteiger partial charge in [0.1, 0.15) is 5.75 Å². The molecule has 1 unspecified atom stereocenters. The molecule has 36 heavy (non-hydrogen) atoms. The molecule has 0 radical (unpaired) electrons. The first-order valence-corrected chi connectivity index (χ1v) is 12.1. The van der Waals surface area contributed by atoms with Crippen LogP contribution < -0.4 is 15.4 Å². The number of aliphatic hydroxyl groups is 1. The summed E-state index contributed by atoms with van der Waals surface area (Å²) in [5, 5.41) is 37.8. The van der Waals surface area contributed by atoms with Crippen LogP contribution in [-0.4, -0.2) is 52.6 Å². The highest BCUT2D eigenvalue weighted by Gasteiger charge is 2.13. The second kappa shape index (κ2) is 14.0. The van der Waals surface area contributed by atoms with E-state index in [4.69, 9.17) is 4.74 Å². The zero-order chi connectivity index (χ0) is 25.8. The number of nitrogens with zero attached hydrogens (tertiary/aromatic N) is 3. The van der Waals surface area contributed by atoms with E-state index in [9.17, 15) is 25.3 Å². The van der Waals surface area contributed by atoms with Crippen LogP contribution in [0, 0.1) is 20.2 Å². The normalized spacial score (nSPS) is 15.2. The Morgan fingerprint density at radius 1 is 1.08 bits per heavy atom. The summed E-state index contributed by atoms with van der Waals surface area (Å²) >= 11 is 0. The maximum atomic E-state index is 11.0. The fourth-order valence-corrected chi connectivity index (χ4v) is 4.00. The molecule has 3 rings (SSSR count). The lowest BCUT2D eigenvalue weighted by molar-refractivity contribution is -0.404. The maximum absolute atomic E-state index is 11.0. The van der Waals surface area contributed by atoms with Crippen molar-refractivity contribution in [3.63, 3.8) is 0 Å². The molecule has 1 atom stereocenters. The van der Waals surface area contributed by atoms with E-state index in [2.05, 4.69) is 27.7 Å². The van der Waals surface area contributed by atoms with Crippen molar-refractivity contribution in [1.82, 2.24) is 15.5 Å². The first-order chi connectivity index (χ1) is 17.4. The molecule has 194 valence electrons. The van der Waals surface area contributed by atoms with Gasteiger partial charge >= 0.3 is 0 Å². The molecule has 1 saturated heterocycles. The Labute approximate surface area is 210 Å². The first-order valence-electron chi connectivity index (χ1n) is 12.1. The lowest BCUT2D eigenvalue weighted by atomic mass is 10.1. The highest BCUT2D eigenvalue weighted by Crippen LogP contribution is 2.19. The number of nitrogens with one attached hydrogen (secondary N) is 2. The molecule has 0 saturated carbocycles. The van der Waals surface area contributed by atoms with Gasteiger partial charge in [0.15, 0.2) is 5.82 Å². The van der Waals surface area contributed by atoms with E-state index in [1.54, 1.807) is 0 Å². The second-order valence-corrected chi connectivity index (χ2v) is 8.69. The summed E-state index contributed by atoms with van der Waals surface area (Å²) in [6.07, 6.45) is 4.22. The molecule has 0 spiro atoms. The monoisotopic (exact) mass is 499 g/mol. The van der Waals surface area contributed by atoms with Gasteiger partial charge in [0.05, 0.1) is 22.6 Å². The summed E-state index contributed by atoms with van der Waals surface area (Å²) < 4.78 is 5.86. The van der Waals surface area contributed by atoms with E-state index >= 15 is 0 Å². The molecule has 0 aromatic heterocycles. The van der Waals surface area contributed by atoms with E-state index in [1.807, 2.05) is 12.1 Å². The zero-order valence-corrected chi connectivity index (χ0v) is 20.2. The zero-order valence-electron chi connectivity index (χ0n) is 20.2. The lowest BCUT2D eigenvalue weighted by Gasteiger charge is -2.26. The number of ether oxygens (including phenoxy) is 1. The molecule has 1 aliphatic heterocycles. The molecule has 2 aromatic rings. The predicted octanol–water partition coefficient (Wildman–Crippen LogP) is 3.34. The summed E-state index contributed by atoms with van der Waals surface area (Å²) in [7, 11) is 0. The fourth-order valence-electron chi connectivity index (χ4n) is 4.00. The van der Waals surface area contributed by atoms with Gasteiger partial charge in [-0.15, -0.1) is 0 Å². The topological polar surface area (TPSA) is 143 Å². The van der Waals surface area contributed by atoms with Crippen LogP contribution in [0.1, 0.15) is 42.9 Å². The van der Waals surface area contributed by atoms with Crippen LogP contribution in [0.2, 0.25) is 0 Å².